The molecule has 1 fully saturated rings. The van der Waals surface area contributed by atoms with E-state index in [1.165, 1.54) is 25.3 Å². The van der Waals surface area contributed by atoms with Gasteiger partial charge in [0.2, 0.25) is 5.91 Å². The lowest BCUT2D eigenvalue weighted by atomic mass is 9.76. The molecule has 0 unspecified atom stereocenters. The number of carbonyl (C=O) groups excluding carboxylic acids is 1. The van der Waals surface area contributed by atoms with Crippen LogP contribution in [0.5, 0.6) is 0 Å². The highest BCUT2D eigenvalue weighted by Gasteiger charge is 2.49. The van der Waals surface area contributed by atoms with Gasteiger partial charge in [-0.1, -0.05) is 99.1 Å². The molecule has 1 aromatic carbocycles. The maximum absolute atomic E-state index is 14.5. The lowest BCUT2D eigenvalue weighted by Gasteiger charge is -2.42. The fourth-order valence-electron chi connectivity index (χ4n) is 6.13. The molecule has 266 valence electrons. The first-order valence-corrected chi connectivity index (χ1v) is 18.2. The number of aromatic nitrogens is 2. The van der Waals surface area contributed by atoms with Crippen molar-refractivity contribution < 1.29 is 9.18 Å². The largest absolute Gasteiger partial charge is 0.355 e. The molecule has 0 bridgehead atoms. The van der Waals surface area contributed by atoms with Gasteiger partial charge in [-0.15, -0.1) is 0 Å². The maximum atomic E-state index is 14.5. The van der Waals surface area contributed by atoms with E-state index >= 15 is 0 Å². The Kier molecular flexibility index (Phi) is 17.6. The molecule has 2 aromatic rings. The van der Waals surface area contributed by atoms with Crippen molar-refractivity contribution in [1.29, 1.82) is 0 Å². The molecule has 1 aromatic heterocycles. The first kappa shape index (κ1) is 42.4. The molecule has 0 saturated heterocycles. The van der Waals surface area contributed by atoms with Gasteiger partial charge in [-0.05, 0) is 101 Å². The van der Waals surface area contributed by atoms with Crippen LogP contribution in [0.3, 0.4) is 0 Å². The zero-order valence-corrected chi connectivity index (χ0v) is 32.4. The van der Waals surface area contributed by atoms with Crippen molar-refractivity contribution in [2.24, 2.45) is 5.92 Å². The van der Waals surface area contributed by atoms with E-state index < -0.39 is 11.2 Å². The Morgan fingerprint density at radius 3 is 2.27 bits per heavy atom. The highest BCUT2D eigenvalue weighted by molar-refractivity contribution is 6.08. The van der Waals surface area contributed by atoms with Crippen LogP contribution < -0.4 is 20.9 Å². The van der Waals surface area contributed by atoms with Gasteiger partial charge in [-0.25, -0.2) is 9.37 Å². The number of hydrogen-bond acceptors (Lipinski definition) is 3. The summed E-state index contributed by atoms with van der Waals surface area (Å²) in [7, 11) is 0. The molecule has 0 atom stereocenters. The van der Waals surface area contributed by atoms with Crippen molar-refractivity contribution in [3.8, 4) is 0 Å². The molecule has 0 radical (unpaired) electrons. The van der Waals surface area contributed by atoms with Crippen LogP contribution in [0.4, 0.5) is 10.1 Å². The molecule has 4 rings (SSSR count). The normalized spacial score (nSPS) is 19.1. The number of amides is 1. The van der Waals surface area contributed by atoms with Gasteiger partial charge < -0.3 is 14.8 Å². The van der Waals surface area contributed by atoms with Gasteiger partial charge in [0.1, 0.15) is 5.83 Å². The zero-order chi connectivity index (χ0) is 36.8. The van der Waals surface area contributed by atoms with Crippen LogP contribution in [0, 0.1) is 5.92 Å². The van der Waals surface area contributed by atoms with Gasteiger partial charge in [0, 0.05) is 23.5 Å². The number of anilines is 1. The Morgan fingerprint density at radius 2 is 1.75 bits per heavy atom. The number of rotatable bonds is 10. The molecule has 0 spiro atoms. The molecule has 1 N–H and O–H groups in total. The highest BCUT2D eigenvalue weighted by Crippen LogP contribution is 2.48. The molecule has 1 aliphatic carbocycles. The Bertz CT molecular complexity index is 1550. The van der Waals surface area contributed by atoms with Crippen LogP contribution in [0.25, 0.3) is 17.3 Å². The molecule has 5 nitrogen and oxygen atoms in total. The third-order valence-electron chi connectivity index (χ3n) is 8.46. The zero-order valence-electron chi connectivity index (χ0n) is 32.4. The van der Waals surface area contributed by atoms with Gasteiger partial charge >= 0.3 is 0 Å². The van der Waals surface area contributed by atoms with Crippen molar-refractivity contribution in [1.82, 2.24) is 14.9 Å². The number of nitrogens with zero attached hydrogens (tertiary/aromatic N) is 3. The molecule has 48 heavy (non-hydrogen) atoms. The summed E-state index contributed by atoms with van der Waals surface area (Å²) in [5.41, 5.74) is 4.38. The number of nitrogens with one attached hydrogen (secondary N) is 1. The second-order valence-electron chi connectivity index (χ2n) is 12.9. The summed E-state index contributed by atoms with van der Waals surface area (Å²) < 4.78 is 16.6. The van der Waals surface area contributed by atoms with E-state index in [9.17, 15) is 9.18 Å². The molecule has 1 amide bonds. The van der Waals surface area contributed by atoms with Crippen molar-refractivity contribution in [2.75, 3.05) is 4.90 Å². The number of carbonyl (C=O) groups is 1. The Balaban J connectivity index is 0.00000153. The van der Waals surface area contributed by atoms with Crippen LogP contribution in [0.2, 0.25) is 0 Å². The fourth-order valence-corrected chi connectivity index (χ4v) is 6.13. The first-order valence-electron chi connectivity index (χ1n) is 18.2. The minimum atomic E-state index is -0.547. The maximum Gasteiger partial charge on any atom is 0.237 e. The van der Waals surface area contributed by atoms with E-state index in [1.54, 1.807) is 12.2 Å². The minimum Gasteiger partial charge on any atom is -0.355 e. The van der Waals surface area contributed by atoms with Crippen molar-refractivity contribution in [3.05, 3.63) is 89.3 Å². The third-order valence-corrected chi connectivity index (χ3v) is 8.46. The van der Waals surface area contributed by atoms with Gasteiger partial charge in [0.25, 0.3) is 0 Å². The fraction of sp³-hybridized carbons (Fsp3) is 0.524. The predicted molar refractivity (Wildman–Crippen MR) is 208 cm³/mol. The monoisotopic (exact) mass is 661 g/mol. The summed E-state index contributed by atoms with van der Waals surface area (Å²) in [6.45, 7) is 34.4. The van der Waals surface area contributed by atoms with E-state index in [0.29, 0.717) is 11.6 Å². The molecular weight excluding hydrogens is 595 g/mol. The predicted octanol–water partition coefficient (Wildman–Crippen LogP) is 10.3. The van der Waals surface area contributed by atoms with Crippen LogP contribution in [0.1, 0.15) is 139 Å². The standard InChI is InChI=1S/C35H45FN4O.C3H8.2C2H6/c1-10-13-25-18-27(19-25)40-32-20-26(15-16-28(32)35(8,9)34(40)41)23(6)17-31-33(39(21-37-31)22(4)5)24(7)38-30(14-11-2)29(36)12-3;1-3-2;2*1-2/h11-12,14-17,20-22,25,27,38H,3,6,10,13,18-19H2,1-2,4-5,7-9H3;3H2,1-2H3;2*1-2H3/b14-11-,30-29-,31-17+,33-24-;;;. The lowest BCUT2D eigenvalue weighted by Crippen LogP contribution is -2.49. The lowest BCUT2D eigenvalue weighted by molar-refractivity contribution is -0.123. The van der Waals surface area contributed by atoms with Gasteiger partial charge in [0.15, 0.2) is 0 Å². The Labute approximate surface area is 292 Å². The number of benzene rings is 1. The SMILES string of the molecule is C=C/C(F)=C(\C=C/C)N/C(C)=c1/c(=C\C(=C)c2ccc3c(c2)N(C2CC(CCC)C2)C(=O)C3(C)C)ncn1C(C)C.CC.CC.CCC. The number of allylic oxidation sites excluding steroid dienone is 5. The Hall–Kier alpha value is -3.67. The summed E-state index contributed by atoms with van der Waals surface area (Å²) >= 11 is 0. The summed E-state index contributed by atoms with van der Waals surface area (Å²) in [4.78, 5) is 20.3. The smallest absolute Gasteiger partial charge is 0.237 e. The Morgan fingerprint density at radius 1 is 1.15 bits per heavy atom. The molecule has 2 heterocycles. The molecule has 1 aliphatic heterocycles. The van der Waals surface area contributed by atoms with Crippen LogP contribution in [-0.2, 0) is 10.2 Å². The van der Waals surface area contributed by atoms with Gasteiger partial charge in [-0.3, -0.25) is 4.79 Å². The van der Waals surface area contributed by atoms with Gasteiger partial charge in [-0.2, -0.15) is 0 Å². The van der Waals surface area contributed by atoms with Crippen LogP contribution in [0.15, 0.2) is 67.4 Å². The number of hydrogen-bond donors (Lipinski definition) is 1. The molecule has 2 aliphatic rings. The number of imidazole rings is 1. The average molecular weight is 661 g/mol. The average Bonchev–Trinajstić information content (AvgIpc) is 3.56. The van der Waals surface area contributed by atoms with Crippen molar-refractivity contribution in [2.45, 2.75) is 140 Å². The summed E-state index contributed by atoms with van der Waals surface area (Å²) in [6, 6.07) is 6.66. The quantitative estimate of drug-likeness (QED) is 0.258. The second kappa shape index (κ2) is 20.0. The van der Waals surface area contributed by atoms with Crippen LogP contribution >= 0.6 is 0 Å². The molecule has 6 heteroatoms. The van der Waals surface area contributed by atoms with E-state index in [0.717, 1.165) is 51.6 Å². The highest BCUT2D eigenvalue weighted by atomic mass is 19.1. The third kappa shape index (κ3) is 9.70. The van der Waals surface area contributed by atoms with Crippen LogP contribution in [-0.4, -0.2) is 21.5 Å². The topological polar surface area (TPSA) is 50.2 Å². The molecular formula is C42H65FN4O. The van der Waals surface area contributed by atoms with E-state index in [4.69, 9.17) is 4.98 Å². The summed E-state index contributed by atoms with van der Waals surface area (Å²) in [5, 5.41) is 4.82. The summed E-state index contributed by atoms with van der Waals surface area (Å²) in [6.07, 6.45) is 14.2. The second-order valence-corrected chi connectivity index (χ2v) is 12.9. The van der Waals surface area contributed by atoms with Gasteiger partial charge in [0.05, 0.1) is 28.1 Å². The van der Waals surface area contributed by atoms with Crippen molar-refractivity contribution in [3.63, 3.8) is 0 Å². The first-order chi connectivity index (χ1) is 22.9. The van der Waals surface area contributed by atoms with E-state index in [1.807, 2.05) is 67.8 Å². The summed E-state index contributed by atoms with van der Waals surface area (Å²) in [5.74, 6) is 0.466. The number of fused-ring (bicyclic) bond motifs is 1. The van der Waals surface area contributed by atoms with Crippen molar-refractivity contribution >= 4 is 28.9 Å². The van der Waals surface area contributed by atoms with E-state index in [-0.39, 0.29) is 18.0 Å². The van der Waals surface area contributed by atoms with E-state index in [2.05, 4.69) is 80.8 Å². The molecule has 1 saturated carbocycles. The number of halogens is 1. The minimum absolute atomic E-state index is 0.142.